The fourth-order valence-corrected chi connectivity index (χ4v) is 4.44. The Balaban J connectivity index is 1.87. The van der Waals surface area contributed by atoms with Crippen molar-refractivity contribution < 1.29 is 13.2 Å². The molecule has 1 aliphatic rings. The van der Waals surface area contributed by atoms with Gasteiger partial charge in [-0.05, 0) is 43.5 Å². The normalized spacial score (nSPS) is 16.9. The van der Waals surface area contributed by atoms with Gasteiger partial charge >= 0.3 is 0 Å². The van der Waals surface area contributed by atoms with E-state index < -0.39 is 10.0 Å². The van der Waals surface area contributed by atoms with Crippen LogP contribution in [0.15, 0.2) is 29.2 Å². The lowest BCUT2D eigenvalue weighted by atomic mass is 9.97. The third-order valence-corrected chi connectivity index (χ3v) is 6.52. The zero-order valence-electron chi connectivity index (χ0n) is 14.0. The summed E-state index contributed by atoms with van der Waals surface area (Å²) >= 11 is 5.81. The topological polar surface area (TPSA) is 66.5 Å². The molecule has 1 fully saturated rings. The molecule has 1 aliphatic heterocycles. The Bertz CT molecular complexity index is 638. The average Bonchev–Trinajstić information content (AvgIpc) is 2.59. The van der Waals surface area contributed by atoms with Crippen molar-refractivity contribution in [1.82, 2.24) is 9.62 Å². The van der Waals surface area contributed by atoms with Crippen LogP contribution in [-0.4, -0.2) is 38.3 Å². The maximum Gasteiger partial charge on any atom is 0.243 e. The van der Waals surface area contributed by atoms with Crippen LogP contribution in [0.5, 0.6) is 0 Å². The number of halogens is 1. The molecule has 1 saturated heterocycles. The van der Waals surface area contributed by atoms with Gasteiger partial charge in [0, 0.05) is 30.6 Å². The summed E-state index contributed by atoms with van der Waals surface area (Å²) in [5, 5.41) is 3.46. The molecule has 0 aliphatic carbocycles. The molecule has 134 valence electrons. The van der Waals surface area contributed by atoms with E-state index in [0.29, 0.717) is 37.5 Å². The van der Waals surface area contributed by atoms with Gasteiger partial charge in [0.1, 0.15) is 0 Å². The lowest BCUT2D eigenvalue weighted by Crippen LogP contribution is -2.43. The highest BCUT2D eigenvalue weighted by atomic mass is 35.5. The van der Waals surface area contributed by atoms with E-state index in [1.54, 1.807) is 12.1 Å². The Kier molecular flexibility index (Phi) is 7.07. The third kappa shape index (κ3) is 4.94. The number of piperidine rings is 1. The fraction of sp³-hybridized carbons (Fsp3) is 0.588. The van der Waals surface area contributed by atoms with Crippen LogP contribution < -0.4 is 5.32 Å². The first-order chi connectivity index (χ1) is 11.4. The summed E-state index contributed by atoms with van der Waals surface area (Å²) in [6.45, 7) is 3.57. The fourth-order valence-electron chi connectivity index (χ4n) is 2.84. The molecule has 1 N–H and O–H groups in total. The highest BCUT2D eigenvalue weighted by molar-refractivity contribution is 7.89. The SMILES string of the molecule is CCCCCNC(=O)C1CCN(S(=O)(=O)c2ccc(Cl)cc2)CC1. The molecular weight excluding hydrogens is 348 g/mol. The number of hydrogen-bond acceptors (Lipinski definition) is 3. The Morgan fingerprint density at radius 2 is 1.83 bits per heavy atom. The van der Waals surface area contributed by atoms with Crippen LogP contribution >= 0.6 is 11.6 Å². The molecule has 0 atom stereocenters. The molecule has 0 spiro atoms. The molecule has 1 heterocycles. The van der Waals surface area contributed by atoms with E-state index in [-0.39, 0.29) is 16.7 Å². The van der Waals surface area contributed by atoms with Gasteiger partial charge in [0.25, 0.3) is 0 Å². The Morgan fingerprint density at radius 3 is 2.42 bits per heavy atom. The standard InChI is InChI=1S/C17H25ClN2O3S/c1-2-3-4-11-19-17(21)14-9-12-20(13-10-14)24(22,23)16-7-5-15(18)6-8-16/h5-8,14H,2-4,9-13H2,1H3,(H,19,21). The number of amides is 1. The molecule has 0 unspecified atom stereocenters. The second-order valence-electron chi connectivity index (χ2n) is 6.13. The zero-order valence-corrected chi connectivity index (χ0v) is 15.6. The molecular formula is C17H25ClN2O3S. The zero-order chi connectivity index (χ0) is 17.6. The minimum atomic E-state index is -3.51. The Morgan fingerprint density at radius 1 is 1.21 bits per heavy atom. The molecule has 5 nitrogen and oxygen atoms in total. The molecule has 0 bridgehead atoms. The molecule has 24 heavy (non-hydrogen) atoms. The van der Waals surface area contributed by atoms with E-state index in [4.69, 9.17) is 11.6 Å². The van der Waals surface area contributed by atoms with Gasteiger partial charge in [-0.15, -0.1) is 0 Å². The van der Waals surface area contributed by atoms with Crippen LogP contribution in [0.25, 0.3) is 0 Å². The number of nitrogens with one attached hydrogen (secondary N) is 1. The van der Waals surface area contributed by atoms with Crippen molar-refractivity contribution in [3.63, 3.8) is 0 Å². The molecule has 1 aromatic rings. The predicted octanol–water partition coefficient (Wildman–Crippen LogP) is 3.05. The first-order valence-electron chi connectivity index (χ1n) is 8.48. The van der Waals surface area contributed by atoms with Gasteiger partial charge in [-0.25, -0.2) is 8.42 Å². The highest BCUT2D eigenvalue weighted by Crippen LogP contribution is 2.24. The molecule has 0 radical (unpaired) electrons. The van der Waals surface area contributed by atoms with Crippen LogP contribution in [0, 0.1) is 5.92 Å². The first kappa shape index (κ1) is 19.2. The maximum absolute atomic E-state index is 12.6. The van der Waals surface area contributed by atoms with E-state index in [2.05, 4.69) is 12.2 Å². The molecule has 2 rings (SSSR count). The van der Waals surface area contributed by atoms with E-state index in [9.17, 15) is 13.2 Å². The Hall–Kier alpha value is -1.11. The third-order valence-electron chi connectivity index (χ3n) is 4.36. The number of unbranched alkanes of at least 4 members (excludes halogenated alkanes) is 2. The summed E-state index contributed by atoms with van der Waals surface area (Å²) in [6.07, 6.45) is 4.35. The van der Waals surface area contributed by atoms with Gasteiger partial charge in [0.2, 0.25) is 15.9 Å². The number of carbonyl (C=O) groups is 1. The van der Waals surface area contributed by atoms with E-state index >= 15 is 0 Å². The van der Waals surface area contributed by atoms with Crippen molar-refractivity contribution in [1.29, 1.82) is 0 Å². The number of sulfonamides is 1. The van der Waals surface area contributed by atoms with Gasteiger partial charge in [0.05, 0.1) is 4.90 Å². The van der Waals surface area contributed by atoms with Crippen molar-refractivity contribution in [2.75, 3.05) is 19.6 Å². The predicted molar refractivity (Wildman–Crippen MR) is 95.5 cm³/mol. The number of nitrogens with zero attached hydrogens (tertiary/aromatic N) is 1. The number of carbonyl (C=O) groups excluding carboxylic acids is 1. The quantitative estimate of drug-likeness (QED) is 0.748. The first-order valence-corrected chi connectivity index (χ1v) is 10.3. The number of benzene rings is 1. The highest BCUT2D eigenvalue weighted by Gasteiger charge is 2.31. The van der Waals surface area contributed by atoms with Crippen molar-refractivity contribution in [3.8, 4) is 0 Å². The van der Waals surface area contributed by atoms with E-state index in [1.807, 2.05) is 0 Å². The van der Waals surface area contributed by atoms with E-state index in [1.165, 1.54) is 16.4 Å². The summed E-state index contributed by atoms with van der Waals surface area (Å²) in [5.74, 6) is -0.0436. The lowest BCUT2D eigenvalue weighted by molar-refractivity contribution is -0.126. The van der Waals surface area contributed by atoms with Gasteiger partial charge in [-0.2, -0.15) is 4.31 Å². The van der Waals surface area contributed by atoms with Crippen molar-refractivity contribution in [3.05, 3.63) is 29.3 Å². The van der Waals surface area contributed by atoms with Gasteiger partial charge in [0.15, 0.2) is 0 Å². The monoisotopic (exact) mass is 372 g/mol. The van der Waals surface area contributed by atoms with Crippen molar-refractivity contribution in [2.24, 2.45) is 5.92 Å². The number of hydrogen-bond donors (Lipinski definition) is 1. The second kappa shape index (κ2) is 8.83. The average molecular weight is 373 g/mol. The lowest BCUT2D eigenvalue weighted by Gasteiger charge is -2.30. The summed E-state index contributed by atoms with van der Waals surface area (Å²) in [7, 11) is -3.51. The summed E-state index contributed by atoms with van der Waals surface area (Å²) in [4.78, 5) is 12.4. The number of rotatable bonds is 7. The second-order valence-corrected chi connectivity index (χ2v) is 8.50. The largest absolute Gasteiger partial charge is 0.356 e. The van der Waals surface area contributed by atoms with Crippen LogP contribution in [0.3, 0.4) is 0 Å². The summed E-state index contributed by atoms with van der Waals surface area (Å²) < 4.78 is 26.7. The van der Waals surface area contributed by atoms with Crippen LogP contribution in [-0.2, 0) is 14.8 Å². The molecule has 0 saturated carbocycles. The molecule has 0 aromatic heterocycles. The van der Waals surface area contributed by atoms with Crippen molar-refractivity contribution in [2.45, 2.75) is 43.9 Å². The molecule has 1 amide bonds. The van der Waals surface area contributed by atoms with Gasteiger partial charge in [-0.1, -0.05) is 31.4 Å². The van der Waals surface area contributed by atoms with Crippen LogP contribution in [0.4, 0.5) is 0 Å². The minimum absolute atomic E-state index is 0.0506. The molecule has 1 aromatic carbocycles. The minimum Gasteiger partial charge on any atom is -0.356 e. The van der Waals surface area contributed by atoms with Gasteiger partial charge in [-0.3, -0.25) is 4.79 Å². The van der Waals surface area contributed by atoms with Crippen molar-refractivity contribution >= 4 is 27.5 Å². The van der Waals surface area contributed by atoms with Crippen LogP contribution in [0.1, 0.15) is 39.0 Å². The Labute approximate surface area is 149 Å². The van der Waals surface area contributed by atoms with Gasteiger partial charge < -0.3 is 5.32 Å². The maximum atomic E-state index is 12.6. The summed E-state index contributed by atoms with van der Waals surface area (Å²) in [6, 6.07) is 6.18. The van der Waals surface area contributed by atoms with Crippen LogP contribution in [0.2, 0.25) is 5.02 Å². The molecule has 7 heteroatoms. The van der Waals surface area contributed by atoms with E-state index in [0.717, 1.165) is 19.3 Å². The smallest absolute Gasteiger partial charge is 0.243 e. The summed E-state index contributed by atoms with van der Waals surface area (Å²) in [5.41, 5.74) is 0.